The van der Waals surface area contributed by atoms with Crippen LogP contribution in [-0.4, -0.2) is 29.6 Å². The lowest BCUT2D eigenvalue weighted by molar-refractivity contribution is 0.0727. The van der Waals surface area contributed by atoms with Crippen molar-refractivity contribution in [1.82, 2.24) is 5.32 Å². The topological polar surface area (TPSA) is 44.8 Å². The summed E-state index contributed by atoms with van der Waals surface area (Å²) in [5, 5.41) is 13.4. The first-order chi connectivity index (χ1) is 9.79. The summed E-state index contributed by atoms with van der Waals surface area (Å²) in [7, 11) is 0. The van der Waals surface area contributed by atoms with Crippen LogP contribution in [-0.2, 0) is 4.74 Å². The van der Waals surface area contributed by atoms with Crippen molar-refractivity contribution >= 4 is 0 Å². The highest BCUT2D eigenvalue weighted by Gasteiger charge is 2.45. The number of aliphatic hydroxyl groups is 1. The first-order valence-corrected chi connectivity index (χ1v) is 8.89. The molecule has 0 spiro atoms. The van der Waals surface area contributed by atoms with Gasteiger partial charge in [-0.05, 0) is 82.0 Å². The van der Waals surface area contributed by atoms with E-state index in [-0.39, 0.29) is 6.10 Å². The Morgan fingerprint density at radius 3 is 1.95 bits per heavy atom. The summed E-state index contributed by atoms with van der Waals surface area (Å²) < 4.78 is 5.59. The monoisotopic (exact) mass is 279 g/mol. The number of nitrogens with one attached hydrogen (secondary N) is 1. The minimum absolute atomic E-state index is 0.000477. The van der Waals surface area contributed by atoms with Crippen molar-refractivity contribution in [2.75, 3.05) is 0 Å². The second-order valence-corrected chi connectivity index (χ2v) is 7.69. The Hall–Kier alpha value is -0.120. The minimum Gasteiger partial charge on any atom is -0.393 e. The van der Waals surface area contributed by atoms with E-state index in [0.29, 0.717) is 12.3 Å². The molecular weight excluding hydrogens is 250 g/mol. The van der Waals surface area contributed by atoms with Gasteiger partial charge < -0.3 is 9.84 Å². The molecule has 2 aliphatic carbocycles. The SMILES string of the molecule is OC1CCC(C2CCC(C3CCC4OC4N3)CC2)CC1. The van der Waals surface area contributed by atoms with Crippen molar-refractivity contribution in [1.29, 1.82) is 0 Å². The fourth-order valence-corrected chi connectivity index (χ4v) is 5.11. The van der Waals surface area contributed by atoms with Gasteiger partial charge in [-0.15, -0.1) is 0 Å². The van der Waals surface area contributed by atoms with Crippen LogP contribution in [0.5, 0.6) is 0 Å². The van der Waals surface area contributed by atoms with Crippen molar-refractivity contribution in [3.05, 3.63) is 0 Å². The van der Waals surface area contributed by atoms with Crippen molar-refractivity contribution < 1.29 is 9.84 Å². The van der Waals surface area contributed by atoms with E-state index in [1.807, 2.05) is 0 Å². The van der Waals surface area contributed by atoms with E-state index in [1.165, 1.54) is 51.4 Å². The van der Waals surface area contributed by atoms with Gasteiger partial charge in [-0.1, -0.05) is 0 Å². The molecule has 3 nitrogen and oxygen atoms in total. The summed E-state index contributed by atoms with van der Waals surface area (Å²) in [6.07, 6.45) is 13.9. The second-order valence-electron chi connectivity index (χ2n) is 7.69. The Balaban J connectivity index is 1.25. The Kier molecular flexibility index (Phi) is 3.78. The molecule has 0 radical (unpaired) electrons. The van der Waals surface area contributed by atoms with Gasteiger partial charge >= 0.3 is 0 Å². The Morgan fingerprint density at radius 1 is 0.700 bits per heavy atom. The molecule has 20 heavy (non-hydrogen) atoms. The first kappa shape index (κ1) is 13.5. The molecule has 2 saturated heterocycles. The van der Waals surface area contributed by atoms with E-state index in [9.17, 15) is 5.11 Å². The molecule has 3 atom stereocenters. The van der Waals surface area contributed by atoms with Crippen LogP contribution >= 0.6 is 0 Å². The predicted molar refractivity (Wildman–Crippen MR) is 78.2 cm³/mol. The normalized spacial score (nSPS) is 52.4. The molecule has 2 N–H and O–H groups in total. The maximum Gasteiger partial charge on any atom is 0.135 e. The summed E-state index contributed by atoms with van der Waals surface area (Å²) in [5.74, 6) is 2.76. The average Bonchev–Trinajstić information content (AvgIpc) is 3.27. The lowest BCUT2D eigenvalue weighted by atomic mass is 9.69. The third kappa shape index (κ3) is 2.77. The summed E-state index contributed by atoms with van der Waals surface area (Å²) >= 11 is 0. The summed E-state index contributed by atoms with van der Waals surface area (Å²) in [5.41, 5.74) is 0. The van der Waals surface area contributed by atoms with E-state index < -0.39 is 0 Å². The van der Waals surface area contributed by atoms with Crippen LogP contribution in [0.4, 0.5) is 0 Å². The molecule has 0 bridgehead atoms. The number of epoxide rings is 1. The van der Waals surface area contributed by atoms with E-state index >= 15 is 0 Å². The highest BCUT2D eigenvalue weighted by molar-refractivity contribution is 4.95. The fourth-order valence-electron chi connectivity index (χ4n) is 5.11. The van der Waals surface area contributed by atoms with Gasteiger partial charge in [0, 0.05) is 6.04 Å². The average molecular weight is 279 g/mol. The molecule has 0 amide bonds. The van der Waals surface area contributed by atoms with Gasteiger partial charge in [0.15, 0.2) is 0 Å². The van der Waals surface area contributed by atoms with Crippen molar-refractivity contribution in [2.45, 2.75) is 88.7 Å². The van der Waals surface area contributed by atoms with Gasteiger partial charge in [0.2, 0.25) is 0 Å². The number of hydrogen-bond donors (Lipinski definition) is 2. The van der Waals surface area contributed by atoms with Gasteiger partial charge in [-0.25, -0.2) is 0 Å². The molecule has 2 heterocycles. The highest BCUT2D eigenvalue weighted by atomic mass is 16.6. The maximum atomic E-state index is 9.65. The Bertz CT molecular complexity index is 332. The molecule has 2 aliphatic heterocycles. The summed E-state index contributed by atoms with van der Waals surface area (Å²) in [4.78, 5) is 0. The maximum absolute atomic E-state index is 9.65. The van der Waals surface area contributed by atoms with Crippen LogP contribution in [0.2, 0.25) is 0 Å². The molecule has 0 aromatic carbocycles. The molecule has 4 rings (SSSR count). The molecular formula is C17H29NO2. The molecule has 3 unspecified atom stereocenters. The van der Waals surface area contributed by atoms with Crippen LogP contribution < -0.4 is 5.32 Å². The zero-order chi connectivity index (χ0) is 13.5. The number of rotatable bonds is 2. The van der Waals surface area contributed by atoms with Crippen molar-refractivity contribution in [2.24, 2.45) is 17.8 Å². The molecule has 3 heteroatoms. The molecule has 114 valence electrons. The van der Waals surface area contributed by atoms with Crippen LogP contribution in [0.15, 0.2) is 0 Å². The van der Waals surface area contributed by atoms with Gasteiger partial charge in [0.05, 0.1) is 12.2 Å². The molecule has 0 aromatic heterocycles. The fraction of sp³-hybridized carbons (Fsp3) is 1.00. The lowest BCUT2D eigenvalue weighted by Crippen LogP contribution is -2.43. The molecule has 4 fully saturated rings. The number of hydrogen-bond acceptors (Lipinski definition) is 3. The zero-order valence-corrected chi connectivity index (χ0v) is 12.5. The molecule has 4 aliphatic rings. The number of piperidine rings is 1. The molecule has 2 saturated carbocycles. The minimum atomic E-state index is 0.000477. The first-order valence-electron chi connectivity index (χ1n) is 8.89. The van der Waals surface area contributed by atoms with Gasteiger partial charge in [-0.3, -0.25) is 5.32 Å². The zero-order valence-electron chi connectivity index (χ0n) is 12.5. The number of ether oxygens (including phenoxy) is 1. The molecule has 0 aromatic rings. The van der Waals surface area contributed by atoms with E-state index in [0.717, 1.165) is 36.6 Å². The second kappa shape index (κ2) is 5.58. The van der Waals surface area contributed by atoms with E-state index in [2.05, 4.69) is 5.32 Å². The number of fused-ring (bicyclic) bond motifs is 1. The highest BCUT2D eigenvalue weighted by Crippen LogP contribution is 2.43. The van der Waals surface area contributed by atoms with Crippen molar-refractivity contribution in [3.8, 4) is 0 Å². The smallest absolute Gasteiger partial charge is 0.135 e. The third-order valence-electron chi connectivity index (χ3n) is 6.52. The van der Waals surface area contributed by atoms with E-state index in [1.54, 1.807) is 0 Å². The Morgan fingerprint density at radius 2 is 1.30 bits per heavy atom. The van der Waals surface area contributed by atoms with Gasteiger partial charge in [0.1, 0.15) is 6.23 Å². The largest absolute Gasteiger partial charge is 0.393 e. The van der Waals surface area contributed by atoms with E-state index in [4.69, 9.17) is 4.74 Å². The van der Waals surface area contributed by atoms with Crippen LogP contribution in [0, 0.1) is 17.8 Å². The van der Waals surface area contributed by atoms with Crippen molar-refractivity contribution in [3.63, 3.8) is 0 Å². The van der Waals surface area contributed by atoms with Crippen LogP contribution in [0.1, 0.15) is 64.2 Å². The number of aliphatic hydroxyl groups excluding tert-OH is 1. The Labute approximate surface area is 122 Å². The summed E-state index contributed by atoms with van der Waals surface area (Å²) in [6, 6.07) is 0.730. The summed E-state index contributed by atoms with van der Waals surface area (Å²) in [6.45, 7) is 0. The quantitative estimate of drug-likeness (QED) is 0.764. The third-order valence-corrected chi connectivity index (χ3v) is 6.52. The van der Waals surface area contributed by atoms with Gasteiger partial charge in [-0.2, -0.15) is 0 Å². The predicted octanol–water partition coefficient (Wildman–Crippen LogP) is 2.82. The van der Waals surface area contributed by atoms with Crippen LogP contribution in [0.25, 0.3) is 0 Å². The van der Waals surface area contributed by atoms with Crippen LogP contribution in [0.3, 0.4) is 0 Å². The standard InChI is InChI=1S/C17H29NO2/c19-14-7-5-12(6-8-14)11-1-3-13(4-2-11)15-9-10-16-17(18-15)20-16/h11-19H,1-10H2. The lowest BCUT2D eigenvalue weighted by Gasteiger charge is -2.39. The van der Waals surface area contributed by atoms with Gasteiger partial charge in [0.25, 0.3) is 0 Å².